The molecule has 0 aliphatic heterocycles. The van der Waals surface area contributed by atoms with E-state index in [1.54, 1.807) is 36.3 Å². The molecule has 8 heteroatoms. The molecular formula is C18H26N6O2. The van der Waals surface area contributed by atoms with Gasteiger partial charge in [-0.2, -0.15) is 10.2 Å². The van der Waals surface area contributed by atoms with Gasteiger partial charge in [-0.05, 0) is 32.8 Å². The number of nitrogens with zero attached hydrogens (tertiary/aromatic N) is 4. The Morgan fingerprint density at radius 3 is 2.50 bits per heavy atom. The fourth-order valence-electron chi connectivity index (χ4n) is 3.15. The van der Waals surface area contributed by atoms with Crippen LogP contribution in [0.25, 0.3) is 22.2 Å². The van der Waals surface area contributed by atoms with Crippen LogP contribution in [0.5, 0.6) is 0 Å². The lowest BCUT2D eigenvalue weighted by Crippen LogP contribution is -2.26. The van der Waals surface area contributed by atoms with E-state index in [4.69, 9.17) is 5.73 Å². The Kier molecular flexibility index (Phi) is 4.18. The molecule has 0 bridgehead atoms. The first-order valence-electron chi connectivity index (χ1n) is 8.68. The maximum absolute atomic E-state index is 12.9. The number of aliphatic hydroxyl groups is 1. The highest BCUT2D eigenvalue weighted by atomic mass is 16.3. The molecule has 3 aromatic heterocycles. The molecule has 0 amide bonds. The highest BCUT2D eigenvalue weighted by Gasteiger charge is 2.25. The molecule has 0 saturated heterocycles. The minimum absolute atomic E-state index is 0.0163. The van der Waals surface area contributed by atoms with Crippen LogP contribution in [-0.2, 0) is 12.6 Å². The topological polar surface area (TPSA) is 115 Å². The lowest BCUT2D eigenvalue weighted by molar-refractivity contribution is 0.0696. The van der Waals surface area contributed by atoms with E-state index in [9.17, 15) is 9.90 Å². The normalized spacial score (nSPS) is 13.7. The summed E-state index contributed by atoms with van der Waals surface area (Å²) < 4.78 is 3.33. The largest absolute Gasteiger partial charge is 0.384 e. The van der Waals surface area contributed by atoms with E-state index in [1.807, 2.05) is 13.0 Å². The predicted molar refractivity (Wildman–Crippen MR) is 102 cm³/mol. The first kappa shape index (κ1) is 18.2. The second-order valence-electron chi connectivity index (χ2n) is 7.70. The number of hydrogen-bond donors (Lipinski definition) is 3. The van der Waals surface area contributed by atoms with Gasteiger partial charge in [0.15, 0.2) is 5.82 Å². The van der Waals surface area contributed by atoms with E-state index in [1.165, 1.54) is 0 Å². The number of fused-ring (bicyclic) bond motifs is 1. The zero-order chi connectivity index (χ0) is 19.4. The average molecular weight is 358 g/mol. The average Bonchev–Trinajstić information content (AvgIpc) is 3.10. The highest BCUT2D eigenvalue weighted by molar-refractivity contribution is 5.97. The van der Waals surface area contributed by atoms with Crippen molar-refractivity contribution in [2.24, 2.45) is 13.0 Å². The van der Waals surface area contributed by atoms with Gasteiger partial charge in [0.25, 0.3) is 5.56 Å². The van der Waals surface area contributed by atoms with Crippen molar-refractivity contribution in [2.45, 2.75) is 46.3 Å². The number of nitrogens with two attached hydrogens (primary N) is 1. The minimum Gasteiger partial charge on any atom is -0.384 e. The van der Waals surface area contributed by atoms with Crippen molar-refractivity contribution in [1.29, 1.82) is 0 Å². The number of aromatic amines is 1. The maximum atomic E-state index is 12.9. The third-order valence-corrected chi connectivity index (χ3v) is 4.97. The summed E-state index contributed by atoms with van der Waals surface area (Å²) in [4.78, 5) is 12.9. The molecule has 0 saturated carbocycles. The number of nitrogen functional groups attached to an aromatic ring is 1. The van der Waals surface area contributed by atoms with E-state index in [0.717, 1.165) is 5.56 Å². The van der Waals surface area contributed by atoms with E-state index < -0.39 is 5.60 Å². The van der Waals surface area contributed by atoms with Gasteiger partial charge in [-0.1, -0.05) is 13.8 Å². The van der Waals surface area contributed by atoms with Gasteiger partial charge in [0, 0.05) is 24.8 Å². The lowest BCUT2D eigenvalue weighted by Gasteiger charge is -2.20. The summed E-state index contributed by atoms with van der Waals surface area (Å²) in [6.45, 7) is 9.54. The molecule has 0 radical (unpaired) electrons. The van der Waals surface area contributed by atoms with Crippen LogP contribution in [0.4, 0.5) is 5.82 Å². The number of nitrogens with one attached hydrogen (secondary N) is 1. The molecule has 0 aliphatic rings. The highest BCUT2D eigenvalue weighted by Crippen LogP contribution is 2.31. The maximum Gasteiger partial charge on any atom is 0.264 e. The van der Waals surface area contributed by atoms with Gasteiger partial charge in [0.2, 0.25) is 0 Å². The molecule has 0 spiro atoms. The van der Waals surface area contributed by atoms with Crippen LogP contribution in [-0.4, -0.2) is 29.7 Å². The zero-order valence-corrected chi connectivity index (χ0v) is 16.0. The van der Waals surface area contributed by atoms with Gasteiger partial charge in [-0.3, -0.25) is 14.6 Å². The van der Waals surface area contributed by atoms with Crippen molar-refractivity contribution in [3.05, 3.63) is 28.3 Å². The van der Waals surface area contributed by atoms with Crippen molar-refractivity contribution in [1.82, 2.24) is 24.5 Å². The Labute approximate surface area is 151 Å². The Morgan fingerprint density at radius 1 is 1.31 bits per heavy atom. The minimum atomic E-state index is -1.04. The summed E-state index contributed by atoms with van der Waals surface area (Å²) in [5, 5.41) is 22.1. The monoisotopic (exact) mass is 358 g/mol. The van der Waals surface area contributed by atoms with Gasteiger partial charge in [0.1, 0.15) is 11.0 Å². The van der Waals surface area contributed by atoms with Gasteiger partial charge in [-0.15, -0.1) is 0 Å². The van der Waals surface area contributed by atoms with Gasteiger partial charge < -0.3 is 15.4 Å². The number of aromatic nitrogens is 5. The Morgan fingerprint density at radius 2 is 1.96 bits per heavy atom. The molecule has 8 nitrogen and oxygen atoms in total. The molecule has 4 N–H and O–H groups in total. The molecule has 0 aromatic carbocycles. The van der Waals surface area contributed by atoms with E-state index >= 15 is 0 Å². The second kappa shape index (κ2) is 5.98. The number of hydrogen-bond acceptors (Lipinski definition) is 5. The molecule has 3 rings (SSSR count). The van der Waals surface area contributed by atoms with E-state index in [2.05, 4.69) is 29.1 Å². The molecule has 26 heavy (non-hydrogen) atoms. The van der Waals surface area contributed by atoms with E-state index in [0.29, 0.717) is 22.3 Å². The summed E-state index contributed by atoms with van der Waals surface area (Å²) in [5.74, 6) is 0.442. The third-order valence-electron chi connectivity index (χ3n) is 4.97. The van der Waals surface area contributed by atoms with Crippen LogP contribution in [0.15, 0.2) is 17.1 Å². The number of H-pyrrole nitrogens is 1. The summed E-state index contributed by atoms with van der Waals surface area (Å²) in [7, 11) is 1.78. The van der Waals surface area contributed by atoms with Crippen LogP contribution >= 0.6 is 0 Å². The Hall–Kier alpha value is -2.61. The molecular weight excluding hydrogens is 332 g/mol. The van der Waals surface area contributed by atoms with Crippen molar-refractivity contribution < 1.29 is 5.11 Å². The fraction of sp³-hybridized carbons (Fsp3) is 0.500. The summed E-state index contributed by atoms with van der Waals surface area (Å²) >= 11 is 0. The van der Waals surface area contributed by atoms with Crippen molar-refractivity contribution in [3.63, 3.8) is 0 Å². The van der Waals surface area contributed by atoms with Crippen LogP contribution < -0.4 is 11.3 Å². The number of aryl methyl sites for hydroxylation is 1. The van der Waals surface area contributed by atoms with Crippen LogP contribution in [0.1, 0.15) is 46.4 Å². The number of pyridine rings is 1. The van der Waals surface area contributed by atoms with Crippen molar-refractivity contribution in [2.75, 3.05) is 5.73 Å². The molecule has 3 heterocycles. The van der Waals surface area contributed by atoms with E-state index in [-0.39, 0.29) is 23.3 Å². The van der Waals surface area contributed by atoms with Crippen LogP contribution in [0.2, 0.25) is 0 Å². The number of anilines is 1. The second-order valence-corrected chi connectivity index (χ2v) is 7.70. The Bertz CT molecular complexity index is 1020. The lowest BCUT2D eigenvalue weighted by atomic mass is 10.0. The molecule has 0 fully saturated rings. The predicted octanol–water partition coefficient (Wildman–Crippen LogP) is 2.15. The standard InChI is InChI=1S/C18H26N6O2/c1-9(2)10(3)24-8-11(15-14(17(24)25)16(19)21-20-15)12-7-13(18(4,5)26)23(6)22-12/h7-10,26H,1-6H3,(H3,19,20,21)/t10-/m0/s1. The van der Waals surface area contributed by atoms with Crippen LogP contribution in [0.3, 0.4) is 0 Å². The van der Waals surface area contributed by atoms with Gasteiger partial charge >= 0.3 is 0 Å². The van der Waals surface area contributed by atoms with Gasteiger partial charge in [-0.25, -0.2) is 0 Å². The fourth-order valence-corrected chi connectivity index (χ4v) is 3.15. The van der Waals surface area contributed by atoms with Crippen molar-refractivity contribution in [3.8, 4) is 11.3 Å². The molecule has 0 unspecified atom stereocenters. The van der Waals surface area contributed by atoms with Crippen molar-refractivity contribution >= 4 is 16.7 Å². The van der Waals surface area contributed by atoms with Gasteiger partial charge in [0.05, 0.1) is 16.9 Å². The summed E-state index contributed by atoms with van der Waals surface area (Å²) in [5.41, 5.74) is 7.34. The summed E-state index contributed by atoms with van der Waals surface area (Å²) in [6, 6.07) is 1.80. The third kappa shape index (κ3) is 2.80. The zero-order valence-electron chi connectivity index (χ0n) is 16.0. The first-order valence-corrected chi connectivity index (χ1v) is 8.68. The summed E-state index contributed by atoms with van der Waals surface area (Å²) in [6.07, 6.45) is 1.80. The first-order chi connectivity index (χ1) is 12.0. The molecule has 140 valence electrons. The van der Waals surface area contributed by atoms with Crippen LogP contribution in [0, 0.1) is 5.92 Å². The molecule has 3 aromatic rings. The quantitative estimate of drug-likeness (QED) is 0.661. The SMILES string of the molecule is CC(C)[C@H](C)n1cc(-c2cc(C(C)(C)O)n(C)n2)c2[nH]nc(N)c2c1=O. The molecule has 0 aliphatic carbocycles. The smallest absolute Gasteiger partial charge is 0.264 e. The Balaban J connectivity index is 2.33. The molecule has 1 atom stereocenters. The number of rotatable bonds is 4.